The van der Waals surface area contributed by atoms with E-state index >= 15 is 0 Å². The van der Waals surface area contributed by atoms with Crippen molar-refractivity contribution in [2.24, 2.45) is 0 Å². The summed E-state index contributed by atoms with van der Waals surface area (Å²) in [6, 6.07) is 6.09. The summed E-state index contributed by atoms with van der Waals surface area (Å²) in [5.74, 6) is 1.09. The van der Waals surface area contributed by atoms with Crippen LogP contribution in [0, 0.1) is 0 Å². The number of hydrogen-bond donors (Lipinski definition) is 1. The maximum absolute atomic E-state index is 6.01. The normalized spacial score (nSPS) is 11.1. The summed E-state index contributed by atoms with van der Waals surface area (Å²) >= 11 is 7.88. The van der Waals surface area contributed by atoms with Gasteiger partial charge in [-0.2, -0.15) is 0 Å². The zero-order valence-corrected chi connectivity index (χ0v) is 11.7. The highest BCUT2D eigenvalue weighted by Crippen LogP contribution is 2.26. The second-order valence-corrected chi connectivity index (χ2v) is 5.51. The Balaban J connectivity index is 2.64. The predicted molar refractivity (Wildman–Crippen MR) is 73.5 cm³/mol. The van der Waals surface area contributed by atoms with E-state index < -0.39 is 0 Å². The molecule has 0 aliphatic heterocycles. The van der Waals surface area contributed by atoms with Gasteiger partial charge in [-0.3, -0.25) is 0 Å². The Morgan fingerprint density at radius 2 is 2.12 bits per heavy atom. The van der Waals surface area contributed by atoms with E-state index in [2.05, 4.69) is 36.4 Å². The highest BCUT2D eigenvalue weighted by Gasteiger charge is 2.03. The molecule has 1 N–H and O–H groups in total. The van der Waals surface area contributed by atoms with Crippen molar-refractivity contribution in [2.45, 2.75) is 11.4 Å². The minimum absolute atomic E-state index is 0.812. The largest absolute Gasteiger partial charge is 0.316 e. The maximum Gasteiger partial charge on any atom is 0.0417 e. The molecule has 0 fully saturated rings. The van der Waals surface area contributed by atoms with Crippen LogP contribution < -0.4 is 5.32 Å². The Kier molecular flexibility index (Phi) is 6.21. The number of nitrogens with zero attached hydrogens (tertiary/aromatic N) is 1. The lowest BCUT2D eigenvalue weighted by molar-refractivity contribution is 0.437. The van der Waals surface area contributed by atoms with Crippen LogP contribution in [-0.4, -0.2) is 38.3 Å². The van der Waals surface area contributed by atoms with Gasteiger partial charge < -0.3 is 10.2 Å². The van der Waals surface area contributed by atoms with E-state index in [-0.39, 0.29) is 0 Å². The monoisotopic (exact) mass is 258 g/mol. The molecule has 0 aromatic heterocycles. The first kappa shape index (κ1) is 13.8. The highest BCUT2D eigenvalue weighted by molar-refractivity contribution is 7.99. The Hall–Kier alpha value is -0.220. The van der Waals surface area contributed by atoms with Crippen molar-refractivity contribution >= 4 is 23.4 Å². The summed E-state index contributed by atoms with van der Waals surface area (Å²) in [7, 11) is 6.14. The van der Waals surface area contributed by atoms with Crippen molar-refractivity contribution in [3.8, 4) is 0 Å². The van der Waals surface area contributed by atoms with Crippen LogP contribution in [0.25, 0.3) is 0 Å². The molecule has 0 unspecified atom stereocenters. The first-order chi connectivity index (χ1) is 7.63. The van der Waals surface area contributed by atoms with E-state index in [4.69, 9.17) is 11.6 Å². The van der Waals surface area contributed by atoms with Crippen molar-refractivity contribution in [1.82, 2.24) is 10.2 Å². The second kappa shape index (κ2) is 7.17. The van der Waals surface area contributed by atoms with Gasteiger partial charge in [-0.1, -0.05) is 17.7 Å². The number of hydrogen-bond acceptors (Lipinski definition) is 3. The van der Waals surface area contributed by atoms with Gasteiger partial charge in [0.25, 0.3) is 0 Å². The van der Waals surface area contributed by atoms with E-state index in [1.165, 1.54) is 10.5 Å². The van der Waals surface area contributed by atoms with Crippen molar-refractivity contribution in [2.75, 3.05) is 33.4 Å². The molecule has 90 valence electrons. The van der Waals surface area contributed by atoms with E-state index in [1.54, 1.807) is 0 Å². The average molecular weight is 259 g/mol. The molecule has 0 aliphatic rings. The third-order valence-electron chi connectivity index (χ3n) is 2.19. The molecule has 0 amide bonds. The summed E-state index contributed by atoms with van der Waals surface area (Å²) in [5, 5.41) is 3.99. The first-order valence-electron chi connectivity index (χ1n) is 5.34. The number of rotatable bonds is 6. The van der Waals surface area contributed by atoms with Crippen molar-refractivity contribution in [3.05, 3.63) is 28.8 Å². The van der Waals surface area contributed by atoms with E-state index in [0.717, 1.165) is 23.9 Å². The number of nitrogens with one attached hydrogen (secondary N) is 1. The van der Waals surface area contributed by atoms with Gasteiger partial charge in [0.2, 0.25) is 0 Å². The van der Waals surface area contributed by atoms with Crippen LogP contribution in [0.5, 0.6) is 0 Å². The predicted octanol–water partition coefficient (Wildman–Crippen LogP) is 2.71. The molecule has 0 bridgehead atoms. The maximum atomic E-state index is 6.01. The molecule has 16 heavy (non-hydrogen) atoms. The minimum atomic E-state index is 0.812. The molecule has 2 nitrogen and oxygen atoms in total. The van der Waals surface area contributed by atoms with Crippen molar-refractivity contribution < 1.29 is 0 Å². The van der Waals surface area contributed by atoms with E-state index in [1.807, 2.05) is 24.9 Å². The lowest BCUT2D eigenvalue weighted by atomic mass is 10.2. The average Bonchev–Trinajstić information content (AvgIpc) is 2.21. The minimum Gasteiger partial charge on any atom is -0.316 e. The fourth-order valence-electron chi connectivity index (χ4n) is 1.34. The highest BCUT2D eigenvalue weighted by atomic mass is 35.5. The fraction of sp³-hybridized carbons (Fsp3) is 0.500. The van der Waals surface area contributed by atoms with Gasteiger partial charge >= 0.3 is 0 Å². The molecule has 0 aliphatic carbocycles. The second-order valence-electron chi connectivity index (χ2n) is 3.93. The molecule has 1 aromatic carbocycles. The van der Waals surface area contributed by atoms with Crippen molar-refractivity contribution in [3.63, 3.8) is 0 Å². The Morgan fingerprint density at radius 3 is 2.75 bits per heavy atom. The van der Waals surface area contributed by atoms with Gasteiger partial charge in [-0.25, -0.2) is 0 Å². The van der Waals surface area contributed by atoms with Gasteiger partial charge in [-0.05, 0) is 38.8 Å². The molecule has 0 saturated carbocycles. The van der Waals surface area contributed by atoms with Gasteiger partial charge in [0.05, 0.1) is 0 Å². The third-order valence-corrected chi connectivity index (χ3v) is 3.51. The molecule has 4 heteroatoms. The number of thioether (sulfide) groups is 1. The Bertz CT molecular complexity index is 329. The standard InChI is InChI=1S/C12H19ClN2S/c1-14-9-10-4-5-11(13)8-12(10)16-7-6-15(2)3/h4-5,8,14H,6-7,9H2,1-3H3. The smallest absolute Gasteiger partial charge is 0.0417 e. The summed E-state index contributed by atoms with van der Waals surface area (Å²) in [6.07, 6.45) is 0. The molecular weight excluding hydrogens is 240 g/mol. The van der Waals surface area contributed by atoms with Gasteiger partial charge in [0.1, 0.15) is 0 Å². The van der Waals surface area contributed by atoms with Gasteiger partial charge in [-0.15, -0.1) is 11.8 Å². The van der Waals surface area contributed by atoms with Gasteiger partial charge in [0.15, 0.2) is 0 Å². The topological polar surface area (TPSA) is 15.3 Å². The lowest BCUT2D eigenvalue weighted by Gasteiger charge is -2.12. The van der Waals surface area contributed by atoms with Crippen LogP contribution in [0.4, 0.5) is 0 Å². The first-order valence-corrected chi connectivity index (χ1v) is 6.70. The van der Waals surface area contributed by atoms with Crippen LogP contribution in [0.3, 0.4) is 0 Å². The molecule has 0 heterocycles. The van der Waals surface area contributed by atoms with Gasteiger partial charge in [0, 0.05) is 28.8 Å². The van der Waals surface area contributed by atoms with Crippen LogP contribution >= 0.6 is 23.4 Å². The Labute approximate surface area is 107 Å². The molecule has 0 radical (unpaired) electrons. The molecule has 0 saturated heterocycles. The number of benzene rings is 1. The SMILES string of the molecule is CNCc1ccc(Cl)cc1SCCN(C)C. The third kappa shape index (κ3) is 4.74. The van der Waals surface area contributed by atoms with Crippen molar-refractivity contribution in [1.29, 1.82) is 0 Å². The molecule has 0 atom stereocenters. The molecular formula is C12H19ClN2S. The lowest BCUT2D eigenvalue weighted by Crippen LogP contribution is -2.15. The van der Waals surface area contributed by atoms with Crippen LogP contribution in [0.2, 0.25) is 5.02 Å². The summed E-state index contributed by atoms with van der Waals surface area (Å²) in [4.78, 5) is 3.47. The summed E-state index contributed by atoms with van der Waals surface area (Å²) < 4.78 is 0. The van der Waals surface area contributed by atoms with Crippen LogP contribution in [0.1, 0.15) is 5.56 Å². The zero-order chi connectivity index (χ0) is 12.0. The van der Waals surface area contributed by atoms with E-state index in [0.29, 0.717) is 0 Å². The molecule has 0 spiro atoms. The Morgan fingerprint density at radius 1 is 1.38 bits per heavy atom. The molecule has 1 aromatic rings. The summed E-state index contributed by atoms with van der Waals surface area (Å²) in [5.41, 5.74) is 1.32. The number of halogens is 1. The summed E-state index contributed by atoms with van der Waals surface area (Å²) in [6.45, 7) is 1.97. The molecule has 1 rings (SSSR count). The zero-order valence-electron chi connectivity index (χ0n) is 10.1. The fourth-order valence-corrected chi connectivity index (χ4v) is 2.79. The quantitative estimate of drug-likeness (QED) is 0.790. The van der Waals surface area contributed by atoms with Crippen LogP contribution in [-0.2, 0) is 6.54 Å². The van der Waals surface area contributed by atoms with Crippen LogP contribution in [0.15, 0.2) is 23.1 Å². The van der Waals surface area contributed by atoms with E-state index in [9.17, 15) is 0 Å².